The fraction of sp³-hybridized carbons (Fsp3) is 0.182. The molecule has 1 aromatic heterocycles. The van der Waals surface area contributed by atoms with Crippen molar-refractivity contribution in [2.45, 2.75) is 13.1 Å². The molecule has 0 aliphatic heterocycles. The van der Waals surface area contributed by atoms with E-state index in [2.05, 4.69) is 5.10 Å². The molecule has 5 heteroatoms. The Morgan fingerprint density at radius 3 is 2.12 bits per heavy atom. The predicted octanol–water partition coefficient (Wildman–Crippen LogP) is 3.20. The topological polar surface area (TPSA) is 17.8 Å². The third kappa shape index (κ3) is 1.93. The maximum atomic E-state index is 12.3. The third-order valence-electron chi connectivity index (χ3n) is 2.27. The highest BCUT2D eigenvalue weighted by Gasteiger charge is 2.29. The number of aryl methyl sites for hydroxylation is 1. The Balaban J connectivity index is 2.37. The fourth-order valence-electron chi connectivity index (χ4n) is 1.43. The number of aromatic nitrogens is 2. The highest BCUT2D eigenvalue weighted by atomic mass is 19.4. The van der Waals surface area contributed by atoms with E-state index in [0.29, 0.717) is 5.69 Å². The average Bonchev–Trinajstić information content (AvgIpc) is 2.63. The number of halogens is 3. The molecule has 2 rings (SSSR count). The standard InChI is InChI=1S/C11H9F3N2/c1-8-6-7-15-16(8)10-4-2-9(3-5-10)11(12,13)14/h2-7H,1H3. The lowest BCUT2D eigenvalue weighted by molar-refractivity contribution is -0.137. The zero-order valence-corrected chi connectivity index (χ0v) is 8.49. The zero-order chi connectivity index (χ0) is 11.8. The summed E-state index contributed by atoms with van der Waals surface area (Å²) in [7, 11) is 0. The number of benzene rings is 1. The van der Waals surface area contributed by atoms with Gasteiger partial charge in [0.05, 0.1) is 11.3 Å². The second kappa shape index (κ2) is 3.66. The lowest BCUT2D eigenvalue weighted by Crippen LogP contribution is -2.05. The van der Waals surface area contributed by atoms with Crippen LogP contribution in [0.15, 0.2) is 36.5 Å². The summed E-state index contributed by atoms with van der Waals surface area (Å²) in [6.07, 6.45) is -2.69. The summed E-state index contributed by atoms with van der Waals surface area (Å²) in [6, 6.07) is 6.70. The number of rotatable bonds is 1. The van der Waals surface area contributed by atoms with Crippen LogP contribution in [0.2, 0.25) is 0 Å². The molecule has 0 radical (unpaired) electrons. The summed E-state index contributed by atoms with van der Waals surface area (Å²) in [6.45, 7) is 1.84. The molecule has 0 atom stereocenters. The van der Waals surface area contributed by atoms with Crippen molar-refractivity contribution in [3.63, 3.8) is 0 Å². The summed E-state index contributed by atoms with van der Waals surface area (Å²) in [5.41, 5.74) is 0.844. The molecule has 0 saturated heterocycles. The van der Waals surface area contributed by atoms with Gasteiger partial charge in [-0.1, -0.05) is 0 Å². The monoisotopic (exact) mass is 226 g/mol. The first-order valence-corrected chi connectivity index (χ1v) is 4.67. The third-order valence-corrected chi connectivity index (χ3v) is 2.27. The Morgan fingerprint density at radius 2 is 1.69 bits per heavy atom. The van der Waals surface area contributed by atoms with E-state index < -0.39 is 11.7 Å². The number of hydrogen-bond acceptors (Lipinski definition) is 1. The van der Waals surface area contributed by atoms with E-state index in [4.69, 9.17) is 0 Å². The molecule has 0 aliphatic carbocycles. The van der Waals surface area contributed by atoms with Gasteiger partial charge in [-0.25, -0.2) is 4.68 Å². The second-order valence-electron chi connectivity index (χ2n) is 3.43. The molecule has 0 spiro atoms. The molecule has 0 fully saturated rings. The van der Waals surface area contributed by atoms with Gasteiger partial charge in [-0.3, -0.25) is 0 Å². The average molecular weight is 226 g/mol. The van der Waals surface area contributed by atoms with Crippen molar-refractivity contribution < 1.29 is 13.2 Å². The van der Waals surface area contributed by atoms with Crippen LogP contribution in [0.25, 0.3) is 5.69 Å². The SMILES string of the molecule is Cc1ccnn1-c1ccc(C(F)(F)F)cc1. The van der Waals surface area contributed by atoms with Crippen LogP contribution in [0.3, 0.4) is 0 Å². The Bertz CT molecular complexity index is 483. The van der Waals surface area contributed by atoms with Crippen molar-refractivity contribution in [3.8, 4) is 5.69 Å². The molecule has 84 valence electrons. The van der Waals surface area contributed by atoms with E-state index in [1.807, 2.05) is 6.92 Å². The van der Waals surface area contributed by atoms with Gasteiger partial charge >= 0.3 is 6.18 Å². The molecule has 0 saturated carbocycles. The van der Waals surface area contributed by atoms with Crippen molar-refractivity contribution in [1.29, 1.82) is 0 Å². The number of hydrogen-bond donors (Lipinski definition) is 0. The lowest BCUT2D eigenvalue weighted by atomic mass is 10.2. The van der Waals surface area contributed by atoms with Gasteiger partial charge in [-0.15, -0.1) is 0 Å². The smallest absolute Gasteiger partial charge is 0.238 e. The van der Waals surface area contributed by atoms with E-state index in [1.54, 1.807) is 16.9 Å². The van der Waals surface area contributed by atoms with E-state index in [9.17, 15) is 13.2 Å². The maximum Gasteiger partial charge on any atom is 0.416 e. The van der Waals surface area contributed by atoms with Crippen LogP contribution in [-0.4, -0.2) is 9.78 Å². The number of alkyl halides is 3. The summed E-state index contributed by atoms with van der Waals surface area (Å²) in [4.78, 5) is 0. The highest BCUT2D eigenvalue weighted by Crippen LogP contribution is 2.29. The van der Waals surface area contributed by atoms with E-state index in [0.717, 1.165) is 17.8 Å². The molecule has 0 N–H and O–H groups in total. The molecule has 1 aromatic carbocycles. The van der Waals surface area contributed by atoms with Crippen molar-refractivity contribution in [2.24, 2.45) is 0 Å². The van der Waals surface area contributed by atoms with Gasteiger partial charge in [-0.2, -0.15) is 18.3 Å². The first-order chi connectivity index (χ1) is 7.48. The van der Waals surface area contributed by atoms with E-state index >= 15 is 0 Å². The molecule has 2 nitrogen and oxygen atoms in total. The largest absolute Gasteiger partial charge is 0.416 e. The number of nitrogens with zero attached hydrogens (tertiary/aromatic N) is 2. The molecular formula is C11H9F3N2. The summed E-state index contributed by atoms with van der Waals surface area (Å²) in [5, 5.41) is 4.01. The second-order valence-corrected chi connectivity index (χ2v) is 3.43. The summed E-state index contributed by atoms with van der Waals surface area (Å²) < 4.78 is 38.5. The van der Waals surface area contributed by atoms with E-state index in [-0.39, 0.29) is 0 Å². The molecule has 1 heterocycles. The van der Waals surface area contributed by atoms with Gasteiger partial charge in [0, 0.05) is 11.9 Å². The van der Waals surface area contributed by atoms with Crippen LogP contribution in [0.5, 0.6) is 0 Å². The molecule has 0 aliphatic rings. The normalized spacial score (nSPS) is 11.8. The first kappa shape index (κ1) is 10.7. The predicted molar refractivity (Wildman–Crippen MR) is 53.3 cm³/mol. The van der Waals surface area contributed by atoms with Crippen molar-refractivity contribution >= 4 is 0 Å². The fourth-order valence-corrected chi connectivity index (χ4v) is 1.43. The minimum atomic E-state index is -4.29. The molecule has 0 bridgehead atoms. The van der Waals surface area contributed by atoms with Gasteiger partial charge in [0.25, 0.3) is 0 Å². The van der Waals surface area contributed by atoms with Gasteiger partial charge in [0.1, 0.15) is 0 Å². The van der Waals surface area contributed by atoms with Crippen molar-refractivity contribution in [1.82, 2.24) is 9.78 Å². The summed E-state index contributed by atoms with van der Waals surface area (Å²) in [5.74, 6) is 0. The Morgan fingerprint density at radius 1 is 1.06 bits per heavy atom. The molecule has 2 aromatic rings. The minimum Gasteiger partial charge on any atom is -0.238 e. The van der Waals surface area contributed by atoms with Crippen molar-refractivity contribution in [2.75, 3.05) is 0 Å². The van der Waals surface area contributed by atoms with Crippen LogP contribution in [0, 0.1) is 6.92 Å². The quantitative estimate of drug-likeness (QED) is 0.730. The highest BCUT2D eigenvalue weighted by molar-refractivity contribution is 5.36. The molecule has 0 amide bonds. The molecular weight excluding hydrogens is 217 g/mol. The van der Waals surface area contributed by atoms with Crippen LogP contribution in [0.4, 0.5) is 13.2 Å². The van der Waals surface area contributed by atoms with Crippen LogP contribution < -0.4 is 0 Å². The van der Waals surface area contributed by atoms with Gasteiger partial charge in [-0.05, 0) is 37.3 Å². The van der Waals surface area contributed by atoms with Crippen LogP contribution in [0.1, 0.15) is 11.3 Å². The Kier molecular flexibility index (Phi) is 2.46. The molecule has 0 unspecified atom stereocenters. The van der Waals surface area contributed by atoms with E-state index in [1.165, 1.54) is 12.1 Å². The minimum absolute atomic E-state index is 0.621. The first-order valence-electron chi connectivity index (χ1n) is 4.67. The Hall–Kier alpha value is -1.78. The lowest BCUT2D eigenvalue weighted by Gasteiger charge is -2.08. The van der Waals surface area contributed by atoms with Gasteiger partial charge in [0.2, 0.25) is 0 Å². The Labute approximate surface area is 90.3 Å². The maximum absolute atomic E-state index is 12.3. The van der Waals surface area contributed by atoms with Crippen LogP contribution >= 0.6 is 0 Å². The van der Waals surface area contributed by atoms with Crippen molar-refractivity contribution in [3.05, 3.63) is 47.8 Å². The zero-order valence-electron chi connectivity index (χ0n) is 8.49. The van der Waals surface area contributed by atoms with Gasteiger partial charge in [0.15, 0.2) is 0 Å². The van der Waals surface area contributed by atoms with Gasteiger partial charge < -0.3 is 0 Å². The summed E-state index contributed by atoms with van der Waals surface area (Å²) >= 11 is 0. The molecule has 16 heavy (non-hydrogen) atoms. The van der Waals surface area contributed by atoms with Crippen LogP contribution in [-0.2, 0) is 6.18 Å².